The molecule has 0 bridgehead atoms. The van der Waals surface area contributed by atoms with Crippen LogP contribution in [0.15, 0.2) is 42.2 Å². The van der Waals surface area contributed by atoms with Crippen LogP contribution in [0.25, 0.3) is 0 Å². The van der Waals surface area contributed by atoms with Crippen LogP contribution in [-0.4, -0.2) is 5.97 Å². The van der Waals surface area contributed by atoms with Gasteiger partial charge in [0.05, 0.1) is 11.5 Å². The van der Waals surface area contributed by atoms with E-state index in [0.29, 0.717) is 25.0 Å². The van der Waals surface area contributed by atoms with Crippen molar-refractivity contribution >= 4 is 5.97 Å². The molecule has 1 aliphatic rings. The number of carbonyl (C=O) groups excluding carboxylic acids is 1. The van der Waals surface area contributed by atoms with Crippen LogP contribution < -0.4 is 0 Å². The summed E-state index contributed by atoms with van der Waals surface area (Å²) < 4.78 is 5.08. The number of esters is 1. The van der Waals surface area contributed by atoms with Gasteiger partial charge < -0.3 is 4.74 Å². The lowest BCUT2D eigenvalue weighted by atomic mass is 9.72. The van der Waals surface area contributed by atoms with Crippen molar-refractivity contribution in [2.24, 2.45) is 0 Å². The van der Waals surface area contributed by atoms with Crippen LogP contribution in [0.1, 0.15) is 31.7 Å². The SMILES string of the molecule is CC(=O)OC1=CC[C@](C#N)(c2ccccc2)CC1. The van der Waals surface area contributed by atoms with Gasteiger partial charge in [-0.05, 0) is 24.5 Å². The Labute approximate surface area is 107 Å². The average molecular weight is 241 g/mol. The van der Waals surface area contributed by atoms with E-state index in [1.165, 1.54) is 6.92 Å². The van der Waals surface area contributed by atoms with Crippen LogP contribution in [0.4, 0.5) is 0 Å². The lowest BCUT2D eigenvalue weighted by Gasteiger charge is -2.29. The summed E-state index contributed by atoms with van der Waals surface area (Å²) in [7, 11) is 0. The molecular formula is C15H15NO2. The first-order valence-electron chi connectivity index (χ1n) is 6.00. The molecule has 0 aromatic heterocycles. The van der Waals surface area contributed by atoms with E-state index in [2.05, 4.69) is 6.07 Å². The summed E-state index contributed by atoms with van der Waals surface area (Å²) >= 11 is 0. The standard InChI is InChI=1S/C15H15NO2/c1-12(17)18-14-7-9-15(11-16,10-8-14)13-5-3-2-4-6-13/h2-7H,8-10H2,1H3/t15-/m0/s1. The lowest BCUT2D eigenvalue weighted by Crippen LogP contribution is -2.26. The number of nitriles is 1. The largest absolute Gasteiger partial charge is 0.432 e. The zero-order chi connectivity index (χ0) is 13.0. The quantitative estimate of drug-likeness (QED) is 0.747. The van der Waals surface area contributed by atoms with E-state index < -0.39 is 5.41 Å². The zero-order valence-electron chi connectivity index (χ0n) is 10.3. The first-order valence-corrected chi connectivity index (χ1v) is 6.00. The van der Waals surface area contributed by atoms with Gasteiger partial charge in [0.25, 0.3) is 0 Å². The topological polar surface area (TPSA) is 50.1 Å². The molecule has 3 heteroatoms. The van der Waals surface area contributed by atoms with Gasteiger partial charge in [-0.15, -0.1) is 0 Å². The monoisotopic (exact) mass is 241 g/mol. The van der Waals surface area contributed by atoms with Crippen molar-refractivity contribution in [3.8, 4) is 6.07 Å². The molecule has 1 aromatic carbocycles. The van der Waals surface area contributed by atoms with Gasteiger partial charge in [0.2, 0.25) is 0 Å². The molecule has 0 fully saturated rings. The van der Waals surface area contributed by atoms with Crippen molar-refractivity contribution in [2.45, 2.75) is 31.6 Å². The highest BCUT2D eigenvalue weighted by molar-refractivity contribution is 5.67. The summed E-state index contributed by atoms with van der Waals surface area (Å²) in [6, 6.07) is 12.2. The maximum atomic E-state index is 10.9. The highest BCUT2D eigenvalue weighted by atomic mass is 16.5. The number of hydrogen-bond donors (Lipinski definition) is 0. The molecule has 0 amide bonds. The van der Waals surface area contributed by atoms with Crippen LogP contribution >= 0.6 is 0 Å². The van der Waals surface area contributed by atoms with Crippen LogP contribution in [0.5, 0.6) is 0 Å². The molecule has 3 nitrogen and oxygen atoms in total. The molecule has 1 aliphatic carbocycles. The first-order chi connectivity index (χ1) is 8.66. The Morgan fingerprint density at radius 1 is 1.39 bits per heavy atom. The van der Waals surface area contributed by atoms with Crippen LogP contribution in [0, 0.1) is 11.3 Å². The molecule has 0 unspecified atom stereocenters. The third kappa shape index (κ3) is 2.43. The molecule has 2 rings (SSSR count). The third-order valence-corrected chi connectivity index (χ3v) is 3.29. The highest BCUT2D eigenvalue weighted by Crippen LogP contribution is 2.38. The molecule has 1 atom stereocenters. The van der Waals surface area contributed by atoms with Crippen molar-refractivity contribution in [3.05, 3.63) is 47.7 Å². The summed E-state index contributed by atoms with van der Waals surface area (Å²) in [4.78, 5) is 10.9. The van der Waals surface area contributed by atoms with Gasteiger partial charge in [0.1, 0.15) is 5.76 Å². The minimum atomic E-state index is -0.481. The maximum absolute atomic E-state index is 10.9. The third-order valence-electron chi connectivity index (χ3n) is 3.29. The van der Waals surface area contributed by atoms with Crippen molar-refractivity contribution < 1.29 is 9.53 Å². The van der Waals surface area contributed by atoms with E-state index in [1.807, 2.05) is 36.4 Å². The molecule has 1 aromatic rings. The molecule has 92 valence electrons. The number of benzene rings is 1. The highest BCUT2D eigenvalue weighted by Gasteiger charge is 2.34. The van der Waals surface area contributed by atoms with Gasteiger partial charge in [0, 0.05) is 13.3 Å². The summed E-state index contributed by atoms with van der Waals surface area (Å²) in [5.74, 6) is 0.384. The van der Waals surface area contributed by atoms with Crippen LogP contribution in [-0.2, 0) is 14.9 Å². The first kappa shape index (κ1) is 12.4. The van der Waals surface area contributed by atoms with Crippen LogP contribution in [0.2, 0.25) is 0 Å². The fourth-order valence-corrected chi connectivity index (χ4v) is 2.29. The Morgan fingerprint density at radius 3 is 2.61 bits per heavy atom. The molecule has 0 saturated heterocycles. The van der Waals surface area contributed by atoms with E-state index in [0.717, 1.165) is 5.56 Å². The summed E-state index contributed by atoms with van der Waals surface area (Å²) in [6.45, 7) is 1.39. The number of carbonyl (C=O) groups is 1. The molecule has 0 heterocycles. The van der Waals surface area contributed by atoms with Gasteiger partial charge in [0.15, 0.2) is 0 Å². The summed E-state index contributed by atoms with van der Waals surface area (Å²) in [5.41, 5.74) is 0.552. The fraction of sp³-hybridized carbons (Fsp3) is 0.333. The summed E-state index contributed by atoms with van der Waals surface area (Å²) in [5, 5.41) is 9.48. The Kier molecular flexibility index (Phi) is 3.47. The minimum Gasteiger partial charge on any atom is -0.432 e. The molecule has 0 N–H and O–H groups in total. The Morgan fingerprint density at radius 2 is 2.11 bits per heavy atom. The number of rotatable bonds is 2. The van der Waals surface area contributed by atoms with Crippen molar-refractivity contribution in [2.75, 3.05) is 0 Å². The van der Waals surface area contributed by atoms with Crippen LogP contribution in [0.3, 0.4) is 0 Å². The molecular weight excluding hydrogens is 226 g/mol. The van der Waals surface area contributed by atoms with E-state index in [4.69, 9.17) is 4.74 Å². The van der Waals surface area contributed by atoms with Gasteiger partial charge in [-0.3, -0.25) is 4.79 Å². The Bertz CT molecular complexity index is 513. The smallest absolute Gasteiger partial charge is 0.307 e. The normalized spacial score (nSPS) is 22.8. The van der Waals surface area contributed by atoms with Crippen molar-refractivity contribution in [3.63, 3.8) is 0 Å². The zero-order valence-corrected chi connectivity index (χ0v) is 10.3. The Hall–Kier alpha value is -2.08. The second kappa shape index (κ2) is 5.05. The predicted molar refractivity (Wildman–Crippen MR) is 67.4 cm³/mol. The second-order valence-corrected chi connectivity index (χ2v) is 4.53. The van der Waals surface area contributed by atoms with Gasteiger partial charge in [-0.25, -0.2) is 0 Å². The van der Waals surface area contributed by atoms with Gasteiger partial charge in [-0.2, -0.15) is 5.26 Å². The number of nitrogens with zero attached hydrogens (tertiary/aromatic N) is 1. The summed E-state index contributed by atoms with van der Waals surface area (Å²) in [6.07, 6.45) is 3.77. The Balaban J connectivity index is 2.22. The van der Waals surface area contributed by atoms with Gasteiger partial charge >= 0.3 is 5.97 Å². The molecule has 0 aliphatic heterocycles. The molecule has 0 radical (unpaired) electrons. The average Bonchev–Trinajstić information content (AvgIpc) is 2.40. The second-order valence-electron chi connectivity index (χ2n) is 4.53. The number of allylic oxidation sites excluding steroid dienone is 2. The minimum absolute atomic E-state index is 0.301. The fourth-order valence-electron chi connectivity index (χ4n) is 2.29. The molecule has 18 heavy (non-hydrogen) atoms. The van der Waals surface area contributed by atoms with Crippen molar-refractivity contribution in [1.82, 2.24) is 0 Å². The number of ether oxygens (including phenoxy) is 1. The van der Waals surface area contributed by atoms with E-state index in [9.17, 15) is 10.1 Å². The van der Waals surface area contributed by atoms with E-state index >= 15 is 0 Å². The van der Waals surface area contributed by atoms with Crippen molar-refractivity contribution in [1.29, 1.82) is 5.26 Å². The molecule has 0 saturated carbocycles. The van der Waals surface area contributed by atoms with E-state index in [1.54, 1.807) is 0 Å². The van der Waals surface area contributed by atoms with Gasteiger partial charge in [-0.1, -0.05) is 30.3 Å². The molecule has 0 spiro atoms. The lowest BCUT2D eigenvalue weighted by molar-refractivity contribution is -0.137. The van der Waals surface area contributed by atoms with E-state index in [-0.39, 0.29) is 5.97 Å². The predicted octanol–water partition coefficient (Wildman–Crippen LogP) is 3.08. The maximum Gasteiger partial charge on any atom is 0.307 e. The number of hydrogen-bond acceptors (Lipinski definition) is 3.